The number of nitrogens with one attached hydrogen (secondary N) is 1. The summed E-state index contributed by atoms with van der Waals surface area (Å²) >= 11 is 3.49. The van der Waals surface area contributed by atoms with E-state index in [1.165, 1.54) is 6.07 Å². The first-order valence-corrected chi connectivity index (χ1v) is 7.58. The van der Waals surface area contributed by atoms with Crippen LogP contribution in [0.1, 0.15) is 6.92 Å². The molecule has 1 heterocycles. The summed E-state index contributed by atoms with van der Waals surface area (Å²) in [6.07, 6.45) is 0. The van der Waals surface area contributed by atoms with Crippen LogP contribution in [0.4, 0.5) is 10.1 Å². The van der Waals surface area contributed by atoms with Gasteiger partial charge in [0.25, 0.3) is 0 Å². The molecular weight excluding hydrogens is 331 g/mol. The number of nitrogens with zero attached hydrogens (tertiary/aromatic N) is 1. The maximum absolute atomic E-state index is 14.2. The summed E-state index contributed by atoms with van der Waals surface area (Å²) in [6, 6.07) is 14.9. The van der Waals surface area contributed by atoms with Crippen molar-refractivity contribution >= 4 is 32.5 Å². The highest BCUT2D eigenvalue weighted by atomic mass is 79.9. The second kappa shape index (κ2) is 5.82. The second-order valence-corrected chi connectivity index (χ2v) is 5.56. The smallest absolute Gasteiger partial charge is 0.149 e. The number of aromatic nitrogens is 1. The first-order chi connectivity index (χ1) is 10.2. The van der Waals surface area contributed by atoms with Gasteiger partial charge in [-0.2, -0.15) is 0 Å². The Balaban J connectivity index is 2.32. The van der Waals surface area contributed by atoms with Gasteiger partial charge in [0.1, 0.15) is 11.3 Å². The number of rotatable bonds is 3. The molecule has 0 fully saturated rings. The number of benzene rings is 2. The SMILES string of the molecule is CCNc1cc(-c2ccccc2)nc2c(F)ccc(Br)c12. The standard InChI is InChI=1S/C17H14BrFN2/c1-2-20-15-10-14(11-6-4-3-5-7-11)21-17-13(19)9-8-12(18)16(15)17/h3-10H,2H2,1H3,(H,20,21). The molecule has 0 amide bonds. The molecule has 0 spiro atoms. The number of hydrogen-bond acceptors (Lipinski definition) is 2. The fourth-order valence-corrected chi connectivity index (χ4v) is 2.89. The monoisotopic (exact) mass is 344 g/mol. The summed E-state index contributed by atoms with van der Waals surface area (Å²) in [5.74, 6) is -0.315. The maximum atomic E-state index is 14.2. The Bertz CT molecular complexity index is 788. The van der Waals surface area contributed by atoms with Crippen LogP contribution in [0.25, 0.3) is 22.2 Å². The lowest BCUT2D eigenvalue weighted by atomic mass is 10.1. The van der Waals surface area contributed by atoms with Gasteiger partial charge in [0.05, 0.1) is 5.69 Å². The lowest BCUT2D eigenvalue weighted by Crippen LogP contribution is -2.00. The molecule has 3 aromatic rings. The lowest BCUT2D eigenvalue weighted by Gasteiger charge is -2.12. The molecule has 0 atom stereocenters. The van der Waals surface area contributed by atoms with E-state index >= 15 is 0 Å². The van der Waals surface area contributed by atoms with Crippen molar-refractivity contribution in [1.29, 1.82) is 0 Å². The summed E-state index contributed by atoms with van der Waals surface area (Å²) in [6.45, 7) is 2.78. The molecule has 3 rings (SSSR count). The molecule has 0 saturated carbocycles. The quantitative estimate of drug-likeness (QED) is 0.703. The fraction of sp³-hybridized carbons (Fsp3) is 0.118. The van der Waals surface area contributed by atoms with Crippen molar-refractivity contribution in [2.75, 3.05) is 11.9 Å². The summed E-state index contributed by atoms with van der Waals surface area (Å²) < 4.78 is 15.0. The molecular formula is C17H14BrFN2. The van der Waals surface area contributed by atoms with Gasteiger partial charge in [-0.3, -0.25) is 0 Å². The van der Waals surface area contributed by atoms with Gasteiger partial charge in [-0.1, -0.05) is 46.3 Å². The Morgan fingerprint density at radius 1 is 1.14 bits per heavy atom. The largest absolute Gasteiger partial charge is 0.385 e. The highest BCUT2D eigenvalue weighted by Gasteiger charge is 2.13. The van der Waals surface area contributed by atoms with E-state index in [1.54, 1.807) is 6.07 Å². The van der Waals surface area contributed by atoms with Crippen molar-refractivity contribution in [1.82, 2.24) is 4.98 Å². The van der Waals surface area contributed by atoms with E-state index in [1.807, 2.05) is 43.3 Å². The van der Waals surface area contributed by atoms with E-state index in [9.17, 15) is 4.39 Å². The molecule has 0 aliphatic carbocycles. The average molecular weight is 345 g/mol. The van der Waals surface area contributed by atoms with Crippen molar-refractivity contribution in [3.63, 3.8) is 0 Å². The molecule has 0 aliphatic rings. The topological polar surface area (TPSA) is 24.9 Å². The van der Waals surface area contributed by atoms with Gasteiger partial charge in [-0.25, -0.2) is 9.37 Å². The summed E-state index contributed by atoms with van der Waals surface area (Å²) in [5.41, 5.74) is 2.99. The second-order valence-electron chi connectivity index (χ2n) is 4.70. The average Bonchev–Trinajstić information content (AvgIpc) is 2.52. The molecule has 2 aromatic carbocycles. The summed E-state index contributed by atoms with van der Waals surface area (Å²) in [4.78, 5) is 4.50. The maximum Gasteiger partial charge on any atom is 0.149 e. The highest BCUT2D eigenvalue weighted by molar-refractivity contribution is 9.10. The number of fused-ring (bicyclic) bond motifs is 1. The van der Waals surface area contributed by atoms with Gasteiger partial charge in [-0.15, -0.1) is 0 Å². The normalized spacial score (nSPS) is 10.8. The molecule has 21 heavy (non-hydrogen) atoms. The van der Waals surface area contributed by atoms with E-state index in [-0.39, 0.29) is 5.82 Å². The Morgan fingerprint density at radius 2 is 1.90 bits per heavy atom. The van der Waals surface area contributed by atoms with Crippen molar-refractivity contribution in [3.05, 3.63) is 58.8 Å². The predicted molar refractivity (Wildman–Crippen MR) is 89.0 cm³/mol. The van der Waals surface area contributed by atoms with Crippen LogP contribution in [0.5, 0.6) is 0 Å². The zero-order valence-corrected chi connectivity index (χ0v) is 13.1. The lowest BCUT2D eigenvalue weighted by molar-refractivity contribution is 0.637. The molecule has 0 unspecified atom stereocenters. The molecule has 0 aliphatic heterocycles. The third kappa shape index (κ3) is 2.63. The van der Waals surface area contributed by atoms with Gasteiger partial charge < -0.3 is 5.32 Å². The first kappa shape index (κ1) is 14.0. The third-order valence-electron chi connectivity index (χ3n) is 3.30. The van der Waals surface area contributed by atoms with Crippen molar-refractivity contribution < 1.29 is 4.39 Å². The number of anilines is 1. The van der Waals surface area contributed by atoms with Gasteiger partial charge >= 0.3 is 0 Å². The molecule has 0 saturated heterocycles. The minimum atomic E-state index is -0.315. The summed E-state index contributed by atoms with van der Waals surface area (Å²) in [5, 5.41) is 4.07. The molecule has 1 aromatic heterocycles. The van der Waals surface area contributed by atoms with E-state index < -0.39 is 0 Å². The van der Waals surface area contributed by atoms with Gasteiger partial charge in [-0.05, 0) is 25.1 Å². The van der Waals surface area contributed by atoms with Crippen LogP contribution in [0.3, 0.4) is 0 Å². The van der Waals surface area contributed by atoms with E-state index in [0.717, 1.165) is 33.3 Å². The molecule has 2 nitrogen and oxygen atoms in total. The predicted octanol–water partition coefficient (Wildman–Crippen LogP) is 5.24. The van der Waals surface area contributed by atoms with Crippen LogP contribution in [0.2, 0.25) is 0 Å². The van der Waals surface area contributed by atoms with Crippen LogP contribution in [0.15, 0.2) is 53.0 Å². The van der Waals surface area contributed by atoms with Crippen LogP contribution < -0.4 is 5.32 Å². The molecule has 4 heteroatoms. The number of halogens is 2. The van der Waals surface area contributed by atoms with Crippen LogP contribution in [0, 0.1) is 5.82 Å². The van der Waals surface area contributed by atoms with Crippen molar-refractivity contribution in [2.24, 2.45) is 0 Å². The van der Waals surface area contributed by atoms with Crippen LogP contribution >= 0.6 is 15.9 Å². The number of hydrogen-bond donors (Lipinski definition) is 1. The Hall–Kier alpha value is -1.94. The molecule has 0 bridgehead atoms. The van der Waals surface area contributed by atoms with Crippen LogP contribution in [-0.2, 0) is 0 Å². The van der Waals surface area contributed by atoms with Crippen molar-refractivity contribution in [3.8, 4) is 11.3 Å². The molecule has 1 N–H and O–H groups in total. The third-order valence-corrected chi connectivity index (χ3v) is 3.96. The Morgan fingerprint density at radius 3 is 2.62 bits per heavy atom. The molecule has 106 valence electrons. The molecule has 0 radical (unpaired) electrons. The van der Waals surface area contributed by atoms with E-state index in [2.05, 4.69) is 26.2 Å². The number of pyridine rings is 1. The minimum absolute atomic E-state index is 0.315. The fourth-order valence-electron chi connectivity index (χ4n) is 2.35. The minimum Gasteiger partial charge on any atom is -0.385 e. The van der Waals surface area contributed by atoms with Gasteiger partial charge in [0, 0.05) is 27.7 Å². The zero-order chi connectivity index (χ0) is 14.8. The van der Waals surface area contributed by atoms with Gasteiger partial charge in [0.2, 0.25) is 0 Å². The van der Waals surface area contributed by atoms with Gasteiger partial charge in [0.15, 0.2) is 0 Å². The first-order valence-electron chi connectivity index (χ1n) is 6.78. The van der Waals surface area contributed by atoms with Crippen LogP contribution in [-0.4, -0.2) is 11.5 Å². The Labute approximate surface area is 131 Å². The summed E-state index contributed by atoms with van der Waals surface area (Å²) in [7, 11) is 0. The highest BCUT2D eigenvalue weighted by Crippen LogP contribution is 2.34. The van der Waals surface area contributed by atoms with Crippen molar-refractivity contribution in [2.45, 2.75) is 6.92 Å². The van der Waals surface area contributed by atoms with E-state index in [0.29, 0.717) is 5.52 Å². The van der Waals surface area contributed by atoms with E-state index in [4.69, 9.17) is 0 Å². The zero-order valence-electron chi connectivity index (χ0n) is 11.5. The Kier molecular flexibility index (Phi) is 3.88.